The SMILES string of the molecule is CCC(C)C1CNC(C)(C)CN1Cc1ccc(F)c(Cl)c1. The Labute approximate surface area is 132 Å². The molecule has 1 N–H and O–H groups in total. The first-order valence-electron chi connectivity index (χ1n) is 7.75. The van der Waals surface area contributed by atoms with E-state index in [9.17, 15) is 4.39 Å². The van der Waals surface area contributed by atoms with Crippen LogP contribution in [-0.2, 0) is 6.54 Å². The van der Waals surface area contributed by atoms with Crippen molar-refractivity contribution < 1.29 is 4.39 Å². The lowest BCUT2D eigenvalue weighted by Gasteiger charge is -2.47. The summed E-state index contributed by atoms with van der Waals surface area (Å²) in [6, 6.07) is 5.55. The second-order valence-electron chi connectivity index (χ2n) is 6.87. The summed E-state index contributed by atoms with van der Waals surface area (Å²) < 4.78 is 13.3. The van der Waals surface area contributed by atoms with Crippen LogP contribution in [-0.4, -0.2) is 29.6 Å². The lowest BCUT2D eigenvalue weighted by molar-refractivity contribution is 0.0571. The number of piperazine rings is 1. The Morgan fingerprint density at radius 1 is 1.48 bits per heavy atom. The van der Waals surface area contributed by atoms with Crippen molar-refractivity contribution in [1.29, 1.82) is 0 Å². The largest absolute Gasteiger partial charge is 0.309 e. The normalized spacial score (nSPS) is 24.0. The van der Waals surface area contributed by atoms with Crippen LogP contribution in [0.2, 0.25) is 5.02 Å². The number of halogens is 2. The minimum Gasteiger partial charge on any atom is -0.309 e. The molecule has 1 aliphatic rings. The lowest BCUT2D eigenvalue weighted by Crippen LogP contribution is -2.62. The van der Waals surface area contributed by atoms with Gasteiger partial charge in [0, 0.05) is 31.2 Å². The van der Waals surface area contributed by atoms with Crippen LogP contribution in [0.15, 0.2) is 18.2 Å². The second kappa shape index (κ2) is 6.64. The Balaban J connectivity index is 2.17. The third kappa shape index (κ3) is 4.18. The van der Waals surface area contributed by atoms with E-state index in [1.807, 2.05) is 6.07 Å². The first kappa shape index (κ1) is 16.7. The minimum atomic E-state index is -0.348. The van der Waals surface area contributed by atoms with Crippen molar-refractivity contribution in [3.8, 4) is 0 Å². The highest BCUT2D eigenvalue weighted by molar-refractivity contribution is 6.30. The van der Waals surface area contributed by atoms with Gasteiger partial charge < -0.3 is 5.32 Å². The van der Waals surface area contributed by atoms with Crippen LogP contribution in [0.1, 0.15) is 39.7 Å². The number of rotatable bonds is 4. The first-order valence-corrected chi connectivity index (χ1v) is 8.13. The third-order valence-electron chi connectivity index (χ3n) is 4.53. The van der Waals surface area contributed by atoms with Crippen molar-refractivity contribution in [2.24, 2.45) is 5.92 Å². The molecule has 2 nitrogen and oxygen atoms in total. The molecule has 4 heteroatoms. The van der Waals surface area contributed by atoms with E-state index in [4.69, 9.17) is 11.6 Å². The summed E-state index contributed by atoms with van der Waals surface area (Å²) in [6.07, 6.45) is 1.16. The van der Waals surface area contributed by atoms with E-state index in [2.05, 4.69) is 37.9 Å². The van der Waals surface area contributed by atoms with E-state index in [0.717, 1.165) is 31.6 Å². The molecule has 0 amide bonds. The van der Waals surface area contributed by atoms with Gasteiger partial charge in [-0.2, -0.15) is 0 Å². The van der Waals surface area contributed by atoms with Crippen molar-refractivity contribution in [3.05, 3.63) is 34.6 Å². The van der Waals surface area contributed by atoms with Crippen LogP contribution in [0.25, 0.3) is 0 Å². The summed E-state index contributed by atoms with van der Waals surface area (Å²) >= 11 is 5.91. The molecule has 1 aromatic rings. The summed E-state index contributed by atoms with van der Waals surface area (Å²) in [4.78, 5) is 2.51. The molecule has 21 heavy (non-hydrogen) atoms. The van der Waals surface area contributed by atoms with E-state index >= 15 is 0 Å². The van der Waals surface area contributed by atoms with Gasteiger partial charge in [-0.05, 0) is 37.5 Å². The van der Waals surface area contributed by atoms with Gasteiger partial charge in [0.25, 0.3) is 0 Å². The maximum atomic E-state index is 13.3. The fourth-order valence-electron chi connectivity index (χ4n) is 3.07. The zero-order valence-electron chi connectivity index (χ0n) is 13.4. The Bertz CT molecular complexity index is 490. The Morgan fingerprint density at radius 2 is 2.19 bits per heavy atom. The predicted octanol–water partition coefficient (Wildman–Crippen LogP) is 4.08. The van der Waals surface area contributed by atoms with Crippen molar-refractivity contribution in [2.75, 3.05) is 13.1 Å². The highest BCUT2D eigenvalue weighted by atomic mass is 35.5. The molecule has 0 bridgehead atoms. The lowest BCUT2D eigenvalue weighted by atomic mass is 9.90. The molecule has 2 unspecified atom stereocenters. The Kier molecular flexibility index (Phi) is 5.29. The van der Waals surface area contributed by atoms with Gasteiger partial charge in [0.15, 0.2) is 0 Å². The van der Waals surface area contributed by atoms with Crippen LogP contribution in [0.3, 0.4) is 0 Å². The molecule has 1 heterocycles. The van der Waals surface area contributed by atoms with Crippen LogP contribution in [0.4, 0.5) is 4.39 Å². The average molecular weight is 313 g/mol. The molecule has 1 fully saturated rings. The molecule has 1 saturated heterocycles. The van der Waals surface area contributed by atoms with Crippen LogP contribution in [0.5, 0.6) is 0 Å². The van der Waals surface area contributed by atoms with Gasteiger partial charge in [0.2, 0.25) is 0 Å². The van der Waals surface area contributed by atoms with Gasteiger partial charge in [-0.3, -0.25) is 4.90 Å². The van der Waals surface area contributed by atoms with Gasteiger partial charge in [-0.1, -0.05) is 37.9 Å². The highest BCUT2D eigenvalue weighted by Crippen LogP contribution is 2.25. The van der Waals surface area contributed by atoms with E-state index < -0.39 is 0 Å². The summed E-state index contributed by atoms with van der Waals surface area (Å²) in [6.45, 7) is 11.8. The van der Waals surface area contributed by atoms with Crippen LogP contribution in [0, 0.1) is 11.7 Å². The molecule has 0 aromatic heterocycles. The first-order chi connectivity index (χ1) is 9.82. The monoisotopic (exact) mass is 312 g/mol. The molecule has 2 atom stereocenters. The molecular formula is C17H26ClFN2. The average Bonchev–Trinajstić information content (AvgIpc) is 2.41. The number of hydrogen-bond donors (Lipinski definition) is 1. The minimum absolute atomic E-state index is 0.105. The van der Waals surface area contributed by atoms with Gasteiger partial charge in [0.1, 0.15) is 5.82 Å². The van der Waals surface area contributed by atoms with Crippen molar-refractivity contribution in [2.45, 2.75) is 52.2 Å². The summed E-state index contributed by atoms with van der Waals surface area (Å²) in [5.41, 5.74) is 1.18. The van der Waals surface area contributed by atoms with Crippen molar-refractivity contribution >= 4 is 11.6 Å². The smallest absolute Gasteiger partial charge is 0.141 e. The molecular weight excluding hydrogens is 287 g/mol. The molecule has 0 aliphatic carbocycles. The zero-order chi connectivity index (χ0) is 15.6. The Morgan fingerprint density at radius 3 is 2.81 bits per heavy atom. The van der Waals surface area contributed by atoms with Crippen molar-refractivity contribution in [3.63, 3.8) is 0 Å². The van der Waals surface area contributed by atoms with Crippen LogP contribution >= 0.6 is 11.6 Å². The number of benzene rings is 1. The molecule has 1 aromatic carbocycles. The van der Waals surface area contributed by atoms with Crippen molar-refractivity contribution in [1.82, 2.24) is 10.2 Å². The second-order valence-corrected chi connectivity index (χ2v) is 7.28. The highest BCUT2D eigenvalue weighted by Gasteiger charge is 2.34. The topological polar surface area (TPSA) is 15.3 Å². The van der Waals surface area contributed by atoms with E-state index in [1.54, 1.807) is 6.07 Å². The zero-order valence-corrected chi connectivity index (χ0v) is 14.2. The molecule has 0 radical (unpaired) electrons. The molecule has 118 valence electrons. The van der Waals surface area contributed by atoms with E-state index in [0.29, 0.717) is 12.0 Å². The summed E-state index contributed by atoms with van der Waals surface area (Å²) in [7, 11) is 0. The summed E-state index contributed by atoms with van der Waals surface area (Å²) in [5.74, 6) is 0.282. The fraction of sp³-hybridized carbons (Fsp3) is 0.647. The van der Waals surface area contributed by atoms with Crippen LogP contribution < -0.4 is 5.32 Å². The maximum Gasteiger partial charge on any atom is 0.141 e. The predicted molar refractivity (Wildman–Crippen MR) is 87.1 cm³/mol. The molecule has 0 spiro atoms. The maximum absolute atomic E-state index is 13.3. The van der Waals surface area contributed by atoms with Gasteiger partial charge in [0.05, 0.1) is 5.02 Å². The molecule has 0 saturated carbocycles. The quantitative estimate of drug-likeness (QED) is 0.901. The number of nitrogens with zero attached hydrogens (tertiary/aromatic N) is 1. The van der Waals surface area contributed by atoms with Gasteiger partial charge in [-0.15, -0.1) is 0 Å². The Hall–Kier alpha value is -0.640. The summed E-state index contributed by atoms with van der Waals surface area (Å²) in [5, 5.41) is 3.84. The molecule has 1 aliphatic heterocycles. The van der Waals surface area contributed by atoms with Gasteiger partial charge in [-0.25, -0.2) is 4.39 Å². The number of nitrogens with one attached hydrogen (secondary N) is 1. The fourth-order valence-corrected chi connectivity index (χ4v) is 3.27. The third-order valence-corrected chi connectivity index (χ3v) is 4.82. The number of hydrogen-bond acceptors (Lipinski definition) is 2. The van der Waals surface area contributed by atoms with E-state index in [1.165, 1.54) is 6.07 Å². The van der Waals surface area contributed by atoms with Gasteiger partial charge >= 0.3 is 0 Å². The standard InChI is InChI=1S/C17H26ClFN2/c1-5-12(2)16-9-20-17(3,4)11-21(16)10-13-6-7-15(19)14(18)8-13/h6-8,12,16,20H,5,9-11H2,1-4H3. The molecule has 2 rings (SSSR count). The van der Waals surface area contributed by atoms with E-state index in [-0.39, 0.29) is 16.4 Å².